The molecule has 0 amide bonds. The van der Waals surface area contributed by atoms with Gasteiger partial charge in [-0.2, -0.15) is 0 Å². The Kier molecular flexibility index (Phi) is 5.08. The van der Waals surface area contributed by atoms with Gasteiger partial charge >= 0.3 is 0 Å². The molecule has 0 aliphatic heterocycles. The summed E-state index contributed by atoms with van der Waals surface area (Å²) in [6.45, 7) is 2.11. The number of halogens is 1. The lowest BCUT2D eigenvalue weighted by molar-refractivity contribution is 0.771. The van der Waals surface area contributed by atoms with Crippen LogP contribution in [0.1, 0.15) is 22.7 Å². The highest BCUT2D eigenvalue weighted by molar-refractivity contribution is 6.31. The third-order valence-corrected chi connectivity index (χ3v) is 5.02. The highest BCUT2D eigenvalue weighted by atomic mass is 35.5. The molecule has 0 radical (unpaired) electrons. The Morgan fingerprint density at radius 1 is 0.889 bits per heavy atom. The molecule has 0 saturated carbocycles. The van der Waals surface area contributed by atoms with Crippen LogP contribution in [0.3, 0.4) is 0 Å². The van der Waals surface area contributed by atoms with E-state index in [2.05, 4.69) is 66.8 Å². The molecule has 0 bridgehead atoms. The maximum absolute atomic E-state index is 6.17. The quantitative estimate of drug-likeness (QED) is 0.427. The molecule has 27 heavy (non-hydrogen) atoms. The maximum Gasteiger partial charge on any atom is 0.127 e. The summed E-state index contributed by atoms with van der Waals surface area (Å²) < 4.78 is 0. The number of pyridine rings is 1. The van der Waals surface area contributed by atoms with Crippen molar-refractivity contribution in [1.82, 2.24) is 4.98 Å². The van der Waals surface area contributed by atoms with Crippen LogP contribution in [0.4, 0.5) is 5.82 Å². The van der Waals surface area contributed by atoms with Gasteiger partial charge in [0.15, 0.2) is 0 Å². The van der Waals surface area contributed by atoms with E-state index in [1.54, 1.807) is 0 Å². The number of anilines is 1. The fourth-order valence-electron chi connectivity index (χ4n) is 3.42. The van der Waals surface area contributed by atoms with Gasteiger partial charge in [0.25, 0.3) is 0 Å². The fraction of sp³-hybridized carbons (Fsp3) is 0.125. The summed E-state index contributed by atoms with van der Waals surface area (Å²) in [6, 6.07) is 29.2. The van der Waals surface area contributed by atoms with E-state index in [-0.39, 0.29) is 6.04 Å². The summed E-state index contributed by atoms with van der Waals surface area (Å²) in [5.74, 6) is 0.868. The molecule has 1 N–H and O–H groups in total. The zero-order valence-corrected chi connectivity index (χ0v) is 15.9. The summed E-state index contributed by atoms with van der Waals surface area (Å²) in [4.78, 5) is 4.81. The van der Waals surface area contributed by atoms with Gasteiger partial charge in [-0.1, -0.05) is 78.3 Å². The first kappa shape index (κ1) is 17.6. The predicted molar refractivity (Wildman–Crippen MR) is 114 cm³/mol. The lowest BCUT2D eigenvalue weighted by atomic mass is 9.98. The van der Waals surface area contributed by atoms with E-state index >= 15 is 0 Å². The smallest absolute Gasteiger partial charge is 0.127 e. The summed E-state index contributed by atoms with van der Waals surface area (Å²) in [6.07, 6.45) is 0.888. The number of aromatic nitrogens is 1. The van der Waals surface area contributed by atoms with Gasteiger partial charge in [0.1, 0.15) is 5.82 Å². The van der Waals surface area contributed by atoms with Crippen LogP contribution in [0.25, 0.3) is 10.9 Å². The average molecular weight is 373 g/mol. The van der Waals surface area contributed by atoms with Gasteiger partial charge in [0.05, 0.1) is 11.6 Å². The van der Waals surface area contributed by atoms with E-state index in [4.69, 9.17) is 16.6 Å². The lowest BCUT2D eigenvalue weighted by Crippen LogP contribution is -2.14. The molecule has 0 saturated heterocycles. The Hall–Kier alpha value is -2.84. The van der Waals surface area contributed by atoms with Crippen molar-refractivity contribution in [2.45, 2.75) is 19.4 Å². The highest BCUT2D eigenvalue weighted by Crippen LogP contribution is 2.27. The first-order valence-electron chi connectivity index (χ1n) is 9.11. The van der Waals surface area contributed by atoms with E-state index < -0.39 is 0 Å². The molecule has 0 aliphatic rings. The Labute approximate surface area is 164 Å². The Morgan fingerprint density at radius 2 is 1.59 bits per heavy atom. The van der Waals surface area contributed by atoms with Crippen molar-refractivity contribution in [2.24, 2.45) is 0 Å². The number of aryl methyl sites for hydroxylation is 1. The van der Waals surface area contributed by atoms with Crippen LogP contribution in [0.15, 0.2) is 84.9 Å². The van der Waals surface area contributed by atoms with Crippen LogP contribution >= 0.6 is 11.6 Å². The Morgan fingerprint density at radius 3 is 2.33 bits per heavy atom. The molecule has 3 heteroatoms. The summed E-state index contributed by atoms with van der Waals surface area (Å²) in [7, 11) is 0. The summed E-state index contributed by atoms with van der Waals surface area (Å²) in [5, 5.41) is 5.48. The van der Waals surface area contributed by atoms with E-state index in [0.29, 0.717) is 5.02 Å². The summed E-state index contributed by atoms with van der Waals surface area (Å²) >= 11 is 6.17. The molecule has 2 nitrogen and oxygen atoms in total. The monoisotopic (exact) mass is 372 g/mol. The van der Waals surface area contributed by atoms with Crippen molar-refractivity contribution in [2.75, 3.05) is 5.32 Å². The molecular formula is C24H21ClN2. The second kappa shape index (κ2) is 7.81. The van der Waals surface area contributed by atoms with Gasteiger partial charge in [-0.25, -0.2) is 4.98 Å². The molecule has 4 rings (SSSR count). The third kappa shape index (κ3) is 4.12. The van der Waals surface area contributed by atoms with Crippen molar-refractivity contribution < 1.29 is 0 Å². The molecule has 3 aromatic carbocycles. The second-order valence-electron chi connectivity index (χ2n) is 6.78. The highest BCUT2D eigenvalue weighted by Gasteiger charge is 2.14. The van der Waals surface area contributed by atoms with Gasteiger partial charge in [0.2, 0.25) is 0 Å². The molecule has 1 aromatic heterocycles. The van der Waals surface area contributed by atoms with Crippen molar-refractivity contribution in [3.8, 4) is 0 Å². The number of nitrogens with zero attached hydrogens (tertiary/aromatic N) is 1. The largest absolute Gasteiger partial charge is 0.363 e. The van der Waals surface area contributed by atoms with Gasteiger partial charge in [0, 0.05) is 10.4 Å². The van der Waals surface area contributed by atoms with Crippen molar-refractivity contribution in [3.63, 3.8) is 0 Å². The number of nitrogens with one attached hydrogen (secondary N) is 1. The van der Waals surface area contributed by atoms with E-state index in [0.717, 1.165) is 23.1 Å². The predicted octanol–water partition coefficient (Wildman–Crippen LogP) is 6.59. The van der Waals surface area contributed by atoms with Crippen molar-refractivity contribution in [1.29, 1.82) is 0 Å². The van der Waals surface area contributed by atoms with Gasteiger partial charge in [-0.3, -0.25) is 0 Å². The normalized spacial score (nSPS) is 12.1. The number of fused-ring (bicyclic) bond motifs is 1. The van der Waals surface area contributed by atoms with Crippen LogP contribution in [-0.2, 0) is 6.42 Å². The van der Waals surface area contributed by atoms with Crippen LogP contribution < -0.4 is 5.32 Å². The van der Waals surface area contributed by atoms with Crippen LogP contribution in [0.5, 0.6) is 0 Å². The van der Waals surface area contributed by atoms with E-state index in [1.165, 1.54) is 16.7 Å². The molecule has 134 valence electrons. The second-order valence-corrected chi connectivity index (χ2v) is 7.22. The van der Waals surface area contributed by atoms with Gasteiger partial charge < -0.3 is 5.32 Å². The third-order valence-electron chi connectivity index (χ3n) is 4.79. The minimum absolute atomic E-state index is 0.136. The lowest BCUT2D eigenvalue weighted by Gasteiger charge is -2.21. The van der Waals surface area contributed by atoms with Gasteiger partial charge in [-0.05, 0) is 48.2 Å². The molecule has 4 aromatic rings. The van der Waals surface area contributed by atoms with Crippen LogP contribution in [0.2, 0.25) is 5.02 Å². The first-order valence-corrected chi connectivity index (χ1v) is 9.49. The number of hydrogen-bond donors (Lipinski definition) is 1. The zero-order chi connectivity index (χ0) is 18.6. The molecule has 1 atom stereocenters. The molecule has 0 fully saturated rings. The molecule has 1 unspecified atom stereocenters. The first-order chi connectivity index (χ1) is 13.2. The van der Waals surface area contributed by atoms with E-state index in [1.807, 2.05) is 30.3 Å². The van der Waals surface area contributed by atoms with Crippen LogP contribution in [-0.4, -0.2) is 4.98 Å². The van der Waals surface area contributed by atoms with Gasteiger partial charge in [-0.15, -0.1) is 0 Å². The van der Waals surface area contributed by atoms with Crippen LogP contribution in [0, 0.1) is 6.92 Å². The minimum Gasteiger partial charge on any atom is -0.363 e. The number of hydrogen-bond acceptors (Lipinski definition) is 2. The van der Waals surface area contributed by atoms with E-state index in [9.17, 15) is 0 Å². The fourth-order valence-corrected chi connectivity index (χ4v) is 3.58. The topological polar surface area (TPSA) is 24.9 Å². The standard InChI is InChI=1S/C24H21ClN2/c1-17-14-24(27-23-16-20(25)12-13-21(17)23)26-22(19-10-6-3-7-11-19)15-18-8-4-2-5-9-18/h2-14,16,22H,15H2,1H3,(H,26,27). The number of rotatable bonds is 5. The molecular weight excluding hydrogens is 352 g/mol. The maximum atomic E-state index is 6.17. The zero-order valence-electron chi connectivity index (χ0n) is 15.2. The molecule has 0 aliphatic carbocycles. The van der Waals surface area contributed by atoms with Crippen molar-refractivity contribution >= 4 is 28.3 Å². The van der Waals surface area contributed by atoms with Crippen molar-refractivity contribution in [3.05, 3.63) is 107 Å². The average Bonchev–Trinajstić information content (AvgIpc) is 2.68. The Bertz CT molecular complexity index is 1050. The Balaban J connectivity index is 1.70. The summed E-state index contributed by atoms with van der Waals surface area (Å²) in [5.41, 5.74) is 4.63. The molecule has 0 spiro atoms. The number of benzene rings is 3. The SMILES string of the molecule is Cc1cc(NC(Cc2ccccc2)c2ccccc2)nc2cc(Cl)ccc12. The minimum atomic E-state index is 0.136. The molecule has 1 heterocycles.